The van der Waals surface area contributed by atoms with Crippen LogP contribution >= 0.6 is 0 Å². The highest BCUT2D eigenvalue weighted by Crippen LogP contribution is 2.42. The van der Waals surface area contributed by atoms with Gasteiger partial charge in [-0.05, 0) is 84.0 Å². The first kappa shape index (κ1) is 22.3. The first-order valence-corrected chi connectivity index (χ1v) is 10.8. The third kappa shape index (κ3) is 4.00. The van der Waals surface area contributed by atoms with E-state index in [4.69, 9.17) is 4.74 Å². The van der Waals surface area contributed by atoms with Crippen LogP contribution in [0.1, 0.15) is 34.7 Å². The molecule has 0 aliphatic rings. The normalized spacial score (nSPS) is 11.4. The fraction of sp³-hybridized carbons (Fsp3) is 0.172. The van der Waals surface area contributed by atoms with E-state index in [1.165, 1.54) is 7.11 Å². The van der Waals surface area contributed by atoms with Crippen LogP contribution in [0.3, 0.4) is 0 Å². The quantitative estimate of drug-likeness (QED) is 0.312. The minimum Gasteiger partial charge on any atom is -0.508 e. The van der Waals surface area contributed by atoms with Gasteiger partial charge in [0.05, 0.1) is 7.11 Å². The van der Waals surface area contributed by atoms with Crippen molar-refractivity contribution in [2.45, 2.75) is 26.2 Å². The number of methoxy groups -OCH3 is 1. The van der Waals surface area contributed by atoms with E-state index < -0.39 is 5.41 Å². The highest BCUT2D eigenvalue weighted by molar-refractivity contribution is 5.68. The van der Waals surface area contributed by atoms with E-state index in [1.807, 2.05) is 50.2 Å². The first-order valence-electron chi connectivity index (χ1n) is 10.8. The number of aromatic hydroxyl groups is 3. The molecular weight excluding hydrogens is 412 g/mol. The lowest BCUT2D eigenvalue weighted by Crippen LogP contribution is -2.25. The van der Waals surface area contributed by atoms with Gasteiger partial charge >= 0.3 is 0 Å². The number of benzene rings is 4. The Labute approximate surface area is 194 Å². The molecule has 3 N–H and O–H groups in total. The fourth-order valence-electron chi connectivity index (χ4n) is 4.29. The average molecular weight is 441 g/mol. The van der Waals surface area contributed by atoms with Gasteiger partial charge in [0, 0.05) is 5.41 Å². The molecule has 168 valence electrons. The second kappa shape index (κ2) is 8.55. The lowest BCUT2D eigenvalue weighted by molar-refractivity contribution is 0.373. The Bertz CT molecular complexity index is 1250. The van der Waals surface area contributed by atoms with E-state index in [0.29, 0.717) is 5.75 Å². The van der Waals surface area contributed by atoms with Crippen molar-refractivity contribution >= 4 is 0 Å². The minimum atomic E-state index is -0.512. The van der Waals surface area contributed by atoms with Crippen LogP contribution in [0.5, 0.6) is 23.0 Å². The van der Waals surface area contributed by atoms with Crippen molar-refractivity contribution in [2.24, 2.45) is 0 Å². The largest absolute Gasteiger partial charge is 0.508 e. The van der Waals surface area contributed by atoms with E-state index >= 15 is 0 Å². The predicted molar refractivity (Wildman–Crippen MR) is 131 cm³/mol. The number of ether oxygens (including phenoxy) is 1. The van der Waals surface area contributed by atoms with Crippen molar-refractivity contribution in [3.8, 4) is 34.1 Å². The molecule has 0 amide bonds. The molecule has 0 aliphatic carbocycles. The second-order valence-electron chi connectivity index (χ2n) is 8.59. The van der Waals surface area contributed by atoms with Gasteiger partial charge < -0.3 is 20.1 Å². The van der Waals surface area contributed by atoms with Crippen molar-refractivity contribution in [1.82, 2.24) is 0 Å². The van der Waals surface area contributed by atoms with Gasteiger partial charge in [-0.1, -0.05) is 54.6 Å². The number of phenols is 3. The summed E-state index contributed by atoms with van der Waals surface area (Å²) < 4.78 is 5.25. The first-order chi connectivity index (χ1) is 15.7. The highest BCUT2D eigenvalue weighted by Gasteiger charge is 2.32. The summed E-state index contributed by atoms with van der Waals surface area (Å²) in [6.07, 6.45) is 0. The molecule has 0 saturated carbocycles. The van der Waals surface area contributed by atoms with Crippen molar-refractivity contribution in [3.63, 3.8) is 0 Å². The van der Waals surface area contributed by atoms with Crippen molar-refractivity contribution in [1.29, 1.82) is 0 Å². The molecule has 4 heteroatoms. The number of aryl methyl sites for hydroxylation is 2. The summed E-state index contributed by atoms with van der Waals surface area (Å²) in [5.41, 5.74) is 6.21. The zero-order valence-electron chi connectivity index (χ0n) is 19.3. The molecule has 0 aromatic heterocycles. The lowest BCUT2D eigenvalue weighted by Gasteiger charge is -2.33. The molecule has 0 bridgehead atoms. The van der Waals surface area contributed by atoms with Crippen molar-refractivity contribution < 1.29 is 20.1 Å². The summed E-state index contributed by atoms with van der Waals surface area (Å²) in [6, 6.07) is 25.0. The topological polar surface area (TPSA) is 69.9 Å². The number of rotatable bonds is 5. The van der Waals surface area contributed by atoms with Crippen LogP contribution in [-0.2, 0) is 5.41 Å². The summed E-state index contributed by atoms with van der Waals surface area (Å²) in [4.78, 5) is 0. The van der Waals surface area contributed by atoms with E-state index in [1.54, 1.807) is 18.2 Å². The van der Waals surface area contributed by atoms with E-state index in [2.05, 4.69) is 31.2 Å². The summed E-state index contributed by atoms with van der Waals surface area (Å²) in [5.74, 6) is 1.07. The van der Waals surface area contributed by atoms with E-state index in [0.717, 1.165) is 38.9 Å². The summed E-state index contributed by atoms with van der Waals surface area (Å²) in [5, 5.41) is 30.1. The van der Waals surface area contributed by atoms with E-state index in [-0.39, 0.29) is 17.2 Å². The Morgan fingerprint density at radius 2 is 1.03 bits per heavy atom. The van der Waals surface area contributed by atoms with Crippen LogP contribution in [0.25, 0.3) is 11.1 Å². The third-order valence-corrected chi connectivity index (χ3v) is 6.52. The minimum absolute atomic E-state index is 0.107. The Kier molecular flexibility index (Phi) is 5.77. The van der Waals surface area contributed by atoms with Gasteiger partial charge in [-0.25, -0.2) is 0 Å². The van der Waals surface area contributed by atoms with Gasteiger partial charge in [0.25, 0.3) is 0 Å². The van der Waals surface area contributed by atoms with Gasteiger partial charge in [-0.3, -0.25) is 0 Å². The molecule has 4 aromatic rings. The Balaban J connectivity index is 1.85. The van der Waals surface area contributed by atoms with Crippen LogP contribution in [0.2, 0.25) is 0 Å². The molecule has 0 fully saturated rings. The van der Waals surface area contributed by atoms with Crippen LogP contribution in [0, 0.1) is 13.8 Å². The van der Waals surface area contributed by atoms with Crippen LogP contribution in [0.15, 0.2) is 78.9 Å². The smallest absolute Gasteiger partial charge is 0.161 e. The molecule has 0 spiro atoms. The van der Waals surface area contributed by atoms with E-state index in [9.17, 15) is 15.3 Å². The Hall–Kier alpha value is -3.92. The van der Waals surface area contributed by atoms with Gasteiger partial charge in [0.15, 0.2) is 11.5 Å². The molecule has 4 aromatic carbocycles. The molecule has 4 rings (SSSR count). The molecule has 0 atom stereocenters. The molecule has 0 unspecified atom stereocenters. The maximum absolute atomic E-state index is 10.1. The maximum atomic E-state index is 10.1. The molecule has 0 aliphatic heterocycles. The SMILES string of the molecule is COc1cc(-c2ccc(C(C)(c3ccc(O)c(C)c3)c3ccc(O)c(C)c3)cc2)ccc1O. The lowest BCUT2D eigenvalue weighted by atomic mass is 9.70. The maximum Gasteiger partial charge on any atom is 0.161 e. The van der Waals surface area contributed by atoms with Gasteiger partial charge in [0.1, 0.15) is 11.5 Å². The number of phenolic OH excluding ortho intramolecular Hbond substituents is 3. The average Bonchev–Trinajstić information content (AvgIpc) is 2.82. The molecular formula is C29H28O4. The molecule has 0 heterocycles. The zero-order chi connectivity index (χ0) is 23.8. The summed E-state index contributed by atoms with van der Waals surface area (Å²) >= 11 is 0. The monoisotopic (exact) mass is 440 g/mol. The third-order valence-electron chi connectivity index (χ3n) is 6.52. The van der Waals surface area contributed by atoms with Crippen molar-refractivity contribution in [3.05, 3.63) is 107 Å². The Morgan fingerprint density at radius 1 is 0.576 bits per heavy atom. The van der Waals surface area contributed by atoms with Crippen LogP contribution < -0.4 is 4.74 Å². The van der Waals surface area contributed by atoms with Crippen molar-refractivity contribution in [2.75, 3.05) is 7.11 Å². The fourth-order valence-corrected chi connectivity index (χ4v) is 4.29. The molecule has 0 radical (unpaired) electrons. The van der Waals surface area contributed by atoms with Crippen LogP contribution in [-0.4, -0.2) is 22.4 Å². The van der Waals surface area contributed by atoms with Gasteiger partial charge in [0.2, 0.25) is 0 Å². The predicted octanol–water partition coefficient (Wildman–Crippen LogP) is 6.45. The molecule has 0 saturated heterocycles. The standard InChI is InChI=1S/C29H28O4/c1-18-15-23(10-13-25(18)30)29(3,24-11-14-26(31)19(2)16-24)22-8-5-20(6-9-22)21-7-12-27(32)28(17-21)33-4/h5-17,30-32H,1-4H3. The van der Waals surface area contributed by atoms with Gasteiger partial charge in [-0.2, -0.15) is 0 Å². The summed E-state index contributed by atoms with van der Waals surface area (Å²) in [7, 11) is 1.53. The number of hydrogen-bond acceptors (Lipinski definition) is 4. The molecule has 33 heavy (non-hydrogen) atoms. The Morgan fingerprint density at radius 3 is 1.52 bits per heavy atom. The second-order valence-corrected chi connectivity index (χ2v) is 8.59. The zero-order valence-corrected chi connectivity index (χ0v) is 19.3. The highest BCUT2D eigenvalue weighted by atomic mass is 16.5. The molecule has 4 nitrogen and oxygen atoms in total. The number of hydrogen-bond donors (Lipinski definition) is 3. The summed E-state index contributed by atoms with van der Waals surface area (Å²) in [6.45, 7) is 5.94. The van der Waals surface area contributed by atoms with Crippen LogP contribution in [0.4, 0.5) is 0 Å². The van der Waals surface area contributed by atoms with Gasteiger partial charge in [-0.15, -0.1) is 0 Å².